The first kappa shape index (κ1) is 11.0. The minimum Gasteiger partial charge on any atom is -0.390 e. The Morgan fingerprint density at radius 3 is 2.00 bits per heavy atom. The Morgan fingerprint density at radius 1 is 1.23 bits per heavy atom. The van der Waals surface area contributed by atoms with Crippen molar-refractivity contribution in [2.45, 2.75) is 38.5 Å². The number of aliphatic hydroxyl groups excluding tert-OH is 1. The molecular weight excluding hydrogens is 164 g/mol. The average Bonchev–Trinajstić information content (AvgIpc) is 2.29. The third-order valence-electron chi connectivity index (χ3n) is 2.87. The highest BCUT2D eigenvalue weighted by Gasteiger charge is 2.37. The molecule has 1 fully saturated rings. The monoisotopic (exact) mass is 186 g/mol. The Hall–Kier alpha value is -0.120. The van der Waals surface area contributed by atoms with Gasteiger partial charge in [0.2, 0.25) is 0 Å². The number of rotatable bonds is 1. The van der Waals surface area contributed by atoms with E-state index >= 15 is 0 Å². The van der Waals surface area contributed by atoms with Crippen LogP contribution < -0.4 is 0 Å². The quantitative estimate of drug-likeness (QED) is 0.642. The van der Waals surface area contributed by atoms with Gasteiger partial charge in [-0.05, 0) is 34.9 Å². The van der Waals surface area contributed by atoms with Gasteiger partial charge in [-0.25, -0.2) is 0 Å². The van der Waals surface area contributed by atoms with Crippen LogP contribution in [0, 0.1) is 0 Å². The van der Waals surface area contributed by atoms with E-state index in [2.05, 4.69) is 30.6 Å². The Morgan fingerprint density at radius 2 is 1.77 bits per heavy atom. The maximum Gasteiger partial charge on any atom is 0.0834 e. The first-order chi connectivity index (χ1) is 5.82. The van der Waals surface area contributed by atoms with E-state index in [1.807, 2.05) is 14.1 Å². The second kappa shape index (κ2) is 3.56. The van der Waals surface area contributed by atoms with Crippen molar-refractivity contribution < 1.29 is 5.11 Å². The molecule has 13 heavy (non-hydrogen) atoms. The smallest absolute Gasteiger partial charge is 0.0834 e. The van der Waals surface area contributed by atoms with Gasteiger partial charge >= 0.3 is 0 Å². The molecule has 2 atom stereocenters. The average molecular weight is 186 g/mol. The second-order valence-corrected chi connectivity index (χ2v) is 5.17. The molecule has 0 aromatic carbocycles. The summed E-state index contributed by atoms with van der Waals surface area (Å²) in [7, 11) is 4.06. The first-order valence-electron chi connectivity index (χ1n) is 4.92. The number of aliphatic hydroxyl groups is 1. The van der Waals surface area contributed by atoms with E-state index in [9.17, 15) is 5.11 Å². The third-order valence-corrected chi connectivity index (χ3v) is 2.87. The first-order valence-corrected chi connectivity index (χ1v) is 4.92. The number of likely N-dealkylation sites (N-methyl/N-ethyl adjacent to an activating group) is 1. The summed E-state index contributed by atoms with van der Waals surface area (Å²) in [4.78, 5) is 4.44. The highest BCUT2D eigenvalue weighted by atomic mass is 16.3. The fourth-order valence-corrected chi connectivity index (χ4v) is 1.82. The predicted octanol–water partition coefficient (Wildman–Crippen LogP) is 0.392. The van der Waals surface area contributed by atoms with Gasteiger partial charge in [-0.3, -0.25) is 4.90 Å². The molecule has 0 aromatic rings. The van der Waals surface area contributed by atoms with Gasteiger partial charge in [0.25, 0.3) is 0 Å². The van der Waals surface area contributed by atoms with Gasteiger partial charge < -0.3 is 10.0 Å². The maximum absolute atomic E-state index is 9.81. The van der Waals surface area contributed by atoms with Gasteiger partial charge in [-0.1, -0.05) is 0 Å². The summed E-state index contributed by atoms with van der Waals surface area (Å²) in [5.74, 6) is 0. The van der Waals surface area contributed by atoms with Crippen molar-refractivity contribution in [3.63, 3.8) is 0 Å². The third kappa shape index (κ3) is 2.42. The van der Waals surface area contributed by atoms with E-state index in [0.717, 1.165) is 13.1 Å². The van der Waals surface area contributed by atoms with Gasteiger partial charge in [0, 0.05) is 24.7 Å². The molecule has 0 aliphatic carbocycles. The molecule has 3 nitrogen and oxygen atoms in total. The zero-order valence-electron chi connectivity index (χ0n) is 9.41. The van der Waals surface area contributed by atoms with Crippen LogP contribution in [0.3, 0.4) is 0 Å². The molecule has 1 aliphatic heterocycles. The molecule has 0 radical (unpaired) electrons. The van der Waals surface area contributed by atoms with Crippen LogP contribution in [0.15, 0.2) is 0 Å². The van der Waals surface area contributed by atoms with Gasteiger partial charge in [0.05, 0.1) is 6.10 Å². The lowest BCUT2D eigenvalue weighted by Crippen LogP contribution is -2.41. The molecule has 3 heteroatoms. The van der Waals surface area contributed by atoms with Crippen molar-refractivity contribution in [3.8, 4) is 0 Å². The standard InChI is InChI=1S/C10H22N2O/c1-10(2,3)12-6-8(11(4)5)9(13)7-12/h8-9,13H,6-7H2,1-5H3/t8-,9-/m1/s1. The summed E-state index contributed by atoms with van der Waals surface area (Å²) in [6, 6.07) is 0.291. The zero-order chi connectivity index (χ0) is 10.2. The Kier molecular flexibility index (Phi) is 3.00. The summed E-state index contributed by atoms with van der Waals surface area (Å²) in [6.07, 6.45) is -0.200. The highest BCUT2D eigenvalue weighted by molar-refractivity contribution is 4.93. The molecule has 1 rings (SSSR count). The summed E-state index contributed by atoms with van der Waals surface area (Å²) in [5, 5.41) is 9.81. The molecule has 0 saturated carbocycles. The highest BCUT2D eigenvalue weighted by Crippen LogP contribution is 2.22. The summed E-state index contributed by atoms with van der Waals surface area (Å²) in [6.45, 7) is 8.34. The van der Waals surface area contributed by atoms with Gasteiger partial charge in [-0.15, -0.1) is 0 Å². The van der Waals surface area contributed by atoms with E-state index in [1.54, 1.807) is 0 Å². The lowest BCUT2D eigenvalue weighted by molar-refractivity contribution is 0.107. The number of β-amino-alcohol motifs (C(OH)–C–C–N with tert-alkyl or cyclic N) is 1. The molecule has 0 amide bonds. The maximum atomic E-state index is 9.81. The molecule has 0 bridgehead atoms. The summed E-state index contributed by atoms with van der Waals surface area (Å²) >= 11 is 0. The summed E-state index contributed by atoms with van der Waals surface area (Å²) in [5.41, 5.74) is 0.172. The SMILES string of the molecule is CN(C)[C@@H]1CN(C(C)(C)C)C[C@H]1O. The normalized spacial score (nSPS) is 31.6. The Labute approximate surface area is 81.3 Å². The molecule has 1 aliphatic rings. The molecule has 0 unspecified atom stereocenters. The van der Waals surface area contributed by atoms with Crippen LogP contribution in [0.2, 0.25) is 0 Å². The lowest BCUT2D eigenvalue weighted by Gasteiger charge is -2.32. The van der Waals surface area contributed by atoms with E-state index < -0.39 is 0 Å². The van der Waals surface area contributed by atoms with Crippen LogP contribution in [-0.2, 0) is 0 Å². The number of likely N-dealkylation sites (tertiary alicyclic amines) is 1. The van der Waals surface area contributed by atoms with Crippen molar-refractivity contribution in [1.29, 1.82) is 0 Å². The fourth-order valence-electron chi connectivity index (χ4n) is 1.82. The van der Waals surface area contributed by atoms with E-state index in [1.165, 1.54) is 0 Å². The number of hydrogen-bond acceptors (Lipinski definition) is 3. The van der Waals surface area contributed by atoms with Gasteiger partial charge in [0.1, 0.15) is 0 Å². The van der Waals surface area contributed by atoms with Crippen molar-refractivity contribution in [2.75, 3.05) is 27.2 Å². The Balaban J connectivity index is 2.60. The minimum absolute atomic E-state index is 0.172. The number of hydrogen-bond donors (Lipinski definition) is 1. The lowest BCUT2D eigenvalue weighted by atomic mass is 10.1. The van der Waals surface area contributed by atoms with Crippen LogP contribution in [0.4, 0.5) is 0 Å². The van der Waals surface area contributed by atoms with Crippen molar-refractivity contribution in [2.24, 2.45) is 0 Å². The molecule has 0 spiro atoms. The Bertz CT molecular complexity index is 174. The topological polar surface area (TPSA) is 26.7 Å². The molecule has 1 N–H and O–H groups in total. The van der Waals surface area contributed by atoms with Gasteiger partial charge in [0.15, 0.2) is 0 Å². The van der Waals surface area contributed by atoms with Crippen LogP contribution in [0.25, 0.3) is 0 Å². The van der Waals surface area contributed by atoms with Gasteiger partial charge in [-0.2, -0.15) is 0 Å². The van der Waals surface area contributed by atoms with Crippen LogP contribution >= 0.6 is 0 Å². The van der Waals surface area contributed by atoms with Crippen molar-refractivity contribution in [3.05, 3.63) is 0 Å². The van der Waals surface area contributed by atoms with Crippen LogP contribution in [0.1, 0.15) is 20.8 Å². The zero-order valence-corrected chi connectivity index (χ0v) is 9.41. The van der Waals surface area contributed by atoms with Crippen LogP contribution in [-0.4, -0.2) is 59.8 Å². The largest absolute Gasteiger partial charge is 0.390 e. The van der Waals surface area contributed by atoms with E-state index in [4.69, 9.17) is 0 Å². The minimum atomic E-state index is -0.200. The molecule has 78 valence electrons. The summed E-state index contributed by atoms with van der Waals surface area (Å²) < 4.78 is 0. The fraction of sp³-hybridized carbons (Fsp3) is 1.00. The molecule has 1 saturated heterocycles. The molecule has 0 aromatic heterocycles. The van der Waals surface area contributed by atoms with Crippen molar-refractivity contribution >= 4 is 0 Å². The van der Waals surface area contributed by atoms with Crippen LogP contribution in [0.5, 0.6) is 0 Å². The number of nitrogens with zero attached hydrogens (tertiary/aromatic N) is 2. The predicted molar refractivity (Wildman–Crippen MR) is 54.8 cm³/mol. The second-order valence-electron chi connectivity index (χ2n) is 5.17. The molecule has 1 heterocycles. The van der Waals surface area contributed by atoms with E-state index in [0.29, 0.717) is 6.04 Å². The van der Waals surface area contributed by atoms with Crippen molar-refractivity contribution in [1.82, 2.24) is 9.80 Å². The molecular formula is C10H22N2O. The van der Waals surface area contributed by atoms with E-state index in [-0.39, 0.29) is 11.6 Å².